The molecule has 3 aliphatic carbocycles. The van der Waals surface area contributed by atoms with Crippen molar-refractivity contribution in [1.82, 2.24) is 0 Å². The minimum absolute atomic E-state index is 0.0399. The monoisotopic (exact) mass is 668 g/mol. The smallest absolute Gasteiger partial charge is 0.330 e. The number of hydrogen-bond donors (Lipinski definition) is 0. The molecule has 3 atom stereocenters. The van der Waals surface area contributed by atoms with Gasteiger partial charge in [0.2, 0.25) is 0 Å². The first-order chi connectivity index (χ1) is 23.9. The molecule has 49 heavy (non-hydrogen) atoms. The molecular formula is C39H40O10. The van der Waals surface area contributed by atoms with Crippen LogP contribution in [-0.4, -0.2) is 72.9 Å². The Kier molecular flexibility index (Phi) is 10.2. The molecule has 10 heteroatoms. The molecule has 3 unspecified atom stereocenters. The van der Waals surface area contributed by atoms with Crippen LogP contribution in [0.5, 0.6) is 17.2 Å². The second kappa shape index (κ2) is 14.7. The Hall–Kier alpha value is -4.90. The molecule has 0 radical (unpaired) electrons. The van der Waals surface area contributed by atoms with Crippen LogP contribution in [0.2, 0.25) is 0 Å². The fraction of sp³-hybridized carbons (Fsp3) is 0.333. The van der Waals surface area contributed by atoms with Crippen LogP contribution in [0.1, 0.15) is 28.7 Å². The van der Waals surface area contributed by atoms with Gasteiger partial charge in [0.25, 0.3) is 0 Å². The highest BCUT2D eigenvalue weighted by atomic mass is 16.6. The van der Waals surface area contributed by atoms with Gasteiger partial charge in [0.05, 0.1) is 26.2 Å². The summed E-state index contributed by atoms with van der Waals surface area (Å²) in [4.78, 5) is 25.1. The van der Waals surface area contributed by atoms with Crippen molar-refractivity contribution >= 4 is 22.7 Å². The van der Waals surface area contributed by atoms with Crippen LogP contribution in [-0.2, 0) is 44.5 Å². The summed E-state index contributed by atoms with van der Waals surface area (Å²) < 4.78 is 46.6. The van der Waals surface area contributed by atoms with Crippen LogP contribution in [0.25, 0.3) is 10.8 Å². The average molecular weight is 669 g/mol. The van der Waals surface area contributed by atoms with Gasteiger partial charge >= 0.3 is 11.9 Å². The van der Waals surface area contributed by atoms with E-state index < -0.39 is 29.1 Å². The van der Waals surface area contributed by atoms with E-state index in [-0.39, 0.29) is 26.4 Å². The van der Waals surface area contributed by atoms with E-state index in [1.165, 1.54) is 0 Å². The topological polar surface area (TPSA) is 108 Å². The maximum absolute atomic E-state index is 14.0. The molecule has 2 bridgehead atoms. The van der Waals surface area contributed by atoms with E-state index in [9.17, 15) is 9.59 Å². The van der Waals surface area contributed by atoms with Gasteiger partial charge in [-0.05, 0) is 46.5 Å². The van der Waals surface area contributed by atoms with Crippen LogP contribution in [0, 0.1) is 5.92 Å². The Morgan fingerprint density at radius 2 is 1.33 bits per heavy atom. The van der Waals surface area contributed by atoms with Crippen molar-refractivity contribution in [2.75, 3.05) is 61.0 Å². The lowest BCUT2D eigenvalue weighted by Gasteiger charge is -2.56. The maximum atomic E-state index is 14.0. The number of ether oxygens (including phenoxy) is 8. The lowest BCUT2D eigenvalue weighted by Crippen LogP contribution is -2.58. The van der Waals surface area contributed by atoms with Crippen molar-refractivity contribution in [2.24, 2.45) is 5.92 Å². The number of carbonyl (C=O) groups is 2. The first-order valence-corrected chi connectivity index (χ1v) is 16.1. The quantitative estimate of drug-likeness (QED) is 0.0838. The number of esters is 2. The molecule has 0 saturated heterocycles. The van der Waals surface area contributed by atoms with Gasteiger partial charge in [0, 0.05) is 37.5 Å². The molecular weight excluding hydrogens is 628 g/mol. The first-order valence-electron chi connectivity index (χ1n) is 16.1. The van der Waals surface area contributed by atoms with E-state index in [4.69, 9.17) is 37.9 Å². The first kappa shape index (κ1) is 34.0. The van der Waals surface area contributed by atoms with Gasteiger partial charge in [0.15, 0.2) is 0 Å². The van der Waals surface area contributed by atoms with Crippen molar-refractivity contribution in [3.05, 3.63) is 114 Å². The SMILES string of the molecule is C=CC(=O)OCCOCCOc1ccc(OCCOC(=O)C2CC3(OC)c4ccccc4C2(OC)c2ccc(OC)cc23)c2ccccc12. The normalized spacial score (nSPS) is 20.2. The van der Waals surface area contributed by atoms with Gasteiger partial charge in [-0.25, -0.2) is 4.79 Å². The third-order valence-electron chi connectivity index (χ3n) is 9.31. The number of hydrogen-bond acceptors (Lipinski definition) is 10. The van der Waals surface area contributed by atoms with Crippen LogP contribution in [0.15, 0.2) is 91.5 Å². The Balaban J connectivity index is 1.11. The van der Waals surface area contributed by atoms with Crippen LogP contribution < -0.4 is 14.2 Å². The van der Waals surface area contributed by atoms with Gasteiger partial charge in [-0.2, -0.15) is 0 Å². The van der Waals surface area contributed by atoms with E-state index in [1.54, 1.807) is 21.3 Å². The van der Waals surface area contributed by atoms with Gasteiger partial charge < -0.3 is 37.9 Å². The molecule has 4 aromatic rings. The zero-order valence-electron chi connectivity index (χ0n) is 27.9. The predicted octanol–water partition coefficient (Wildman–Crippen LogP) is 5.71. The van der Waals surface area contributed by atoms with Crippen molar-refractivity contribution in [2.45, 2.75) is 17.6 Å². The molecule has 0 spiro atoms. The zero-order valence-corrected chi connectivity index (χ0v) is 27.9. The highest BCUT2D eigenvalue weighted by Crippen LogP contribution is 2.63. The van der Waals surface area contributed by atoms with Gasteiger partial charge in [-0.3, -0.25) is 4.79 Å². The van der Waals surface area contributed by atoms with E-state index in [1.807, 2.05) is 78.9 Å². The fourth-order valence-corrected chi connectivity index (χ4v) is 7.16. The Morgan fingerprint density at radius 3 is 1.98 bits per heavy atom. The van der Waals surface area contributed by atoms with E-state index >= 15 is 0 Å². The molecule has 0 amide bonds. The lowest BCUT2D eigenvalue weighted by atomic mass is 9.54. The van der Waals surface area contributed by atoms with Crippen molar-refractivity contribution in [3.8, 4) is 17.2 Å². The molecule has 0 saturated carbocycles. The molecule has 0 heterocycles. The second-order valence-electron chi connectivity index (χ2n) is 11.6. The van der Waals surface area contributed by atoms with Crippen LogP contribution in [0.4, 0.5) is 0 Å². The van der Waals surface area contributed by atoms with Gasteiger partial charge in [-0.15, -0.1) is 0 Å². The van der Waals surface area contributed by atoms with E-state index in [2.05, 4.69) is 6.58 Å². The standard InChI is InChI=1S/C39H40O10/c1-5-36(40)48-21-19-45-18-20-46-34-16-17-35(28-11-7-6-10-27(28)34)47-22-23-49-37(41)33-25-38(43-3)29-12-8-9-13-30(29)39(33,44-4)31-15-14-26(42-2)24-32(31)38/h5-17,24,33H,1,18-23,25H2,2-4H3. The molecule has 3 aliphatic rings. The summed E-state index contributed by atoms with van der Waals surface area (Å²) in [6, 6.07) is 25.2. The maximum Gasteiger partial charge on any atom is 0.330 e. The third kappa shape index (κ3) is 6.12. The highest BCUT2D eigenvalue weighted by Gasteiger charge is 2.64. The summed E-state index contributed by atoms with van der Waals surface area (Å²) in [6.45, 7) is 4.59. The molecule has 4 aromatic carbocycles. The highest BCUT2D eigenvalue weighted by molar-refractivity contribution is 5.93. The number of methoxy groups -OCH3 is 3. The summed E-state index contributed by atoms with van der Waals surface area (Å²) in [5, 5.41) is 1.73. The van der Waals surface area contributed by atoms with Crippen LogP contribution in [0.3, 0.4) is 0 Å². The van der Waals surface area contributed by atoms with E-state index in [0.29, 0.717) is 36.9 Å². The molecule has 0 fully saturated rings. The average Bonchev–Trinajstić information content (AvgIpc) is 3.15. The van der Waals surface area contributed by atoms with Crippen molar-refractivity contribution in [3.63, 3.8) is 0 Å². The minimum Gasteiger partial charge on any atom is -0.497 e. The largest absolute Gasteiger partial charge is 0.497 e. The fourth-order valence-electron chi connectivity index (χ4n) is 7.16. The molecule has 256 valence electrons. The summed E-state index contributed by atoms with van der Waals surface area (Å²) in [7, 11) is 4.93. The number of fused-ring (bicyclic) bond motifs is 2. The minimum atomic E-state index is -1.06. The summed E-state index contributed by atoms with van der Waals surface area (Å²) >= 11 is 0. The number of rotatable bonds is 16. The Bertz CT molecular complexity index is 1840. The summed E-state index contributed by atoms with van der Waals surface area (Å²) in [5.41, 5.74) is 1.68. The number of benzene rings is 4. The summed E-state index contributed by atoms with van der Waals surface area (Å²) in [6.07, 6.45) is 1.45. The number of carbonyl (C=O) groups excluding carboxylic acids is 2. The predicted molar refractivity (Wildman–Crippen MR) is 181 cm³/mol. The van der Waals surface area contributed by atoms with E-state index in [0.717, 1.165) is 39.1 Å². The van der Waals surface area contributed by atoms with Crippen molar-refractivity contribution < 1.29 is 47.5 Å². The lowest BCUT2D eigenvalue weighted by molar-refractivity contribution is -0.173. The van der Waals surface area contributed by atoms with Gasteiger partial charge in [0.1, 0.15) is 54.9 Å². The Morgan fingerprint density at radius 1 is 0.714 bits per heavy atom. The summed E-state index contributed by atoms with van der Waals surface area (Å²) in [5.74, 6) is 0.470. The molecule has 10 nitrogen and oxygen atoms in total. The Labute approximate surface area is 285 Å². The molecule has 0 aromatic heterocycles. The molecule has 0 N–H and O–H groups in total. The van der Waals surface area contributed by atoms with Crippen LogP contribution >= 0.6 is 0 Å². The second-order valence-corrected chi connectivity index (χ2v) is 11.6. The van der Waals surface area contributed by atoms with Crippen molar-refractivity contribution in [1.29, 1.82) is 0 Å². The third-order valence-corrected chi connectivity index (χ3v) is 9.31. The molecule has 7 rings (SSSR count). The molecule has 0 aliphatic heterocycles. The van der Waals surface area contributed by atoms with Gasteiger partial charge in [-0.1, -0.05) is 61.2 Å². The zero-order chi connectivity index (χ0) is 34.4.